The van der Waals surface area contributed by atoms with Crippen LogP contribution in [0.3, 0.4) is 0 Å². The molecule has 0 saturated heterocycles. The molecule has 27 heavy (non-hydrogen) atoms. The summed E-state index contributed by atoms with van der Waals surface area (Å²) in [6.07, 6.45) is 1.47. The Hall–Kier alpha value is -3.43. The zero-order valence-corrected chi connectivity index (χ0v) is 15.9. The highest BCUT2D eigenvalue weighted by atomic mass is 16.5. The van der Waals surface area contributed by atoms with Crippen LogP contribution in [-0.2, 0) is 7.05 Å². The minimum Gasteiger partial charge on any atom is -0.497 e. The SMILES string of the molecule is COc1cc(NC(=O)NC(C)c2c(C)nn(C)c2C)cc(-n2cnnn2)c1. The van der Waals surface area contributed by atoms with Gasteiger partial charge in [0.15, 0.2) is 0 Å². The Bertz CT molecular complexity index is 948. The van der Waals surface area contributed by atoms with Crippen LogP contribution < -0.4 is 15.4 Å². The zero-order valence-electron chi connectivity index (χ0n) is 15.9. The fourth-order valence-electron chi connectivity index (χ4n) is 3.04. The molecule has 0 radical (unpaired) electrons. The van der Waals surface area contributed by atoms with Gasteiger partial charge in [-0.2, -0.15) is 5.10 Å². The van der Waals surface area contributed by atoms with E-state index in [4.69, 9.17) is 4.74 Å². The number of ether oxygens (including phenoxy) is 1. The Balaban J connectivity index is 1.76. The fourth-order valence-corrected chi connectivity index (χ4v) is 3.04. The summed E-state index contributed by atoms with van der Waals surface area (Å²) in [5.41, 5.74) is 4.14. The lowest BCUT2D eigenvalue weighted by molar-refractivity contribution is 0.249. The van der Waals surface area contributed by atoms with Gasteiger partial charge in [0.2, 0.25) is 0 Å². The molecule has 1 unspecified atom stereocenters. The number of methoxy groups -OCH3 is 1. The lowest BCUT2D eigenvalue weighted by Gasteiger charge is -2.16. The molecule has 0 spiro atoms. The third-order valence-corrected chi connectivity index (χ3v) is 4.34. The highest BCUT2D eigenvalue weighted by molar-refractivity contribution is 5.90. The first kappa shape index (κ1) is 18.4. The van der Waals surface area contributed by atoms with E-state index in [1.54, 1.807) is 30.0 Å². The molecule has 1 atom stereocenters. The van der Waals surface area contributed by atoms with E-state index in [-0.39, 0.29) is 12.1 Å². The summed E-state index contributed by atoms with van der Waals surface area (Å²) < 4.78 is 8.58. The van der Waals surface area contributed by atoms with Gasteiger partial charge in [-0.05, 0) is 37.3 Å². The quantitative estimate of drug-likeness (QED) is 0.709. The Labute approximate surface area is 156 Å². The first-order valence-electron chi connectivity index (χ1n) is 8.39. The van der Waals surface area contributed by atoms with E-state index in [9.17, 15) is 4.79 Å². The molecule has 10 nitrogen and oxygen atoms in total. The molecule has 0 fully saturated rings. The van der Waals surface area contributed by atoms with Crippen molar-refractivity contribution < 1.29 is 9.53 Å². The predicted molar refractivity (Wildman–Crippen MR) is 99.0 cm³/mol. The number of amides is 2. The van der Waals surface area contributed by atoms with Gasteiger partial charge in [-0.3, -0.25) is 4.68 Å². The molecule has 0 bridgehead atoms. The molecule has 2 heterocycles. The summed E-state index contributed by atoms with van der Waals surface area (Å²) in [6.45, 7) is 5.83. The van der Waals surface area contributed by atoms with Gasteiger partial charge in [-0.25, -0.2) is 9.48 Å². The maximum absolute atomic E-state index is 12.5. The second-order valence-electron chi connectivity index (χ2n) is 6.20. The van der Waals surface area contributed by atoms with Crippen LogP contribution in [0.2, 0.25) is 0 Å². The van der Waals surface area contributed by atoms with Crippen molar-refractivity contribution in [2.45, 2.75) is 26.8 Å². The smallest absolute Gasteiger partial charge is 0.319 e. The lowest BCUT2D eigenvalue weighted by Crippen LogP contribution is -2.31. The number of hydrogen-bond donors (Lipinski definition) is 2. The highest BCUT2D eigenvalue weighted by Gasteiger charge is 2.18. The number of benzene rings is 1. The van der Waals surface area contributed by atoms with Gasteiger partial charge >= 0.3 is 6.03 Å². The number of carbonyl (C=O) groups excluding carboxylic acids is 1. The van der Waals surface area contributed by atoms with Gasteiger partial charge in [-0.1, -0.05) is 0 Å². The molecule has 0 saturated carbocycles. The maximum atomic E-state index is 12.5. The third kappa shape index (κ3) is 3.89. The number of urea groups is 1. The minimum absolute atomic E-state index is 0.191. The second-order valence-corrected chi connectivity index (χ2v) is 6.20. The maximum Gasteiger partial charge on any atom is 0.319 e. The van der Waals surface area contributed by atoms with E-state index in [1.807, 2.05) is 27.8 Å². The first-order valence-corrected chi connectivity index (χ1v) is 8.39. The summed E-state index contributed by atoms with van der Waals surface area (Å²) in [5.74, 6) is 0.574. The van der Waals surface area contributed by atoms with E-state index in [2.05, 4.69) is 31.3 Å². The van der Waals surface area contributed by atoms with Crippen molar-refractivity contribution in [1.82, 2.24) is 35.3 Å². The lowest BCUT2D eigenvalue weighted by atomic mass is 10.1. The Morgan fingerprint density at radius 1 is 1.26 bits per heavy atom. The topological polar surface area (TPSA) is 112 Å². The molecule has 142 valence electrons. The van der Waals surface area contributed by atoms with Crippen molar-refractivity contribution in [2.75, 3.05) is 12.4 Å². The van der Waals surface area contributed by atoms with Gasteiger partial charge in [0.05, 0.1) is 24.5 Å². The molecular formula is C17H22N8O2. The van der Waals surface area contributed by atoms with Crippen LogP contribution in [0.4, 0.5) is 10.5 Å². The monoisotopic (exact) mass is 370 g/mol. The number of tetrazole rings is 1. The van der Waals surface area contributed by atoms with E-state index in [1.165, 1.54) is 11.0 Å². The van der Waals surface area contributed by atoms with Crippen LogP contribution in [0.15, 0.2) is 24.5 Å². The number of anilines is 1. The average Bonchev–Trinajstić information content (AvgIpc) is 3.23. The molecule has 1 aromatic carbocycles. The van der Waals surface area contributed by atoms with Gasteiger partial charge < -0.3 is 15.4 Å². The standard InChI is InChI=1S/C17H22N8O2/c1-10(16-11(2)21-24(4)12(16)3)19-17(26)20-13-6-14(8-15(7-13)27-5)25-9-18-22-23-25/h6-10H,1-5H3,(H2,19,20,26). The van der Waals surface area contributed by atoms with Crippen molar-refractivity contribution in [3.63, 3.8) is 0 Å². The Morgan fingerprint density at radius 3 is 2.63 bits per heavy atom. The van der Waals surface area contributed by atoms with Crippen molar-refractivity contribution >= 4 is 11.7 Å². The number of aromatic nitrogens is 6. The highest BCUT2D eigenvalue weighted by Crippen LogP contribution is 2.24. The van der Waals surface area contributed by atoms with Crippen LogP contribution in [0.25, 0.3) is 5.69 Å². The molecule has 0 aliphatic carbocycles. The summed E-state index contributed by atoms with van der Waals surface area (Å²) in [4.78, 5) is 12.5. The molecule has 3 aromatic rings. The van der Waals surface area contributed by atoms with Gasteiger partial charge in [0.1, 0.15) is 12.1 Å². The number of carbonyl (C=O) groups is 1. The van der Waals surface area contributed by atoms with Gasteiger partial charge in [-0.15, -0.1) is 5.10 Å². The Kier molecular flexibility index (Phi) is 5.06. The molecular weight excluding hydrogens is 348 g/mol. The Morgan fingerprint density at radius 2 is 2.04 bits per heavy atom. The van der Waals surface area contributed by atoms with Gasteiger partial charge in [0, 0.05) is 36.1 Å². The number of hydrogen-bond acceptors (Lipinski definition) is 6. The number of rotatable bonds is 5. The minimum atomic E-state index is -0.332. The molecule has 10 heteroatoms. The molecule has 0 aliphatic rings. The first-order chi connectivity index (χ1) is 12.9. The zero-order chi connectivity index (χ0) is 19.6. The average molecular weight is 370 g/mol. The molecule has 2 aromatic heterocycles. The summed E-state index contributed by atoms with van der Waals surface area (Å²) in [7, 11) is 3.44. The fraction of sp³-hybridized carbons (Fsp3) is 0.353. The predicted octanol–water partition coefficient (Wildman–Crippen LogP) is 1.90. The molecule has 2 amide bonds. The van der Waals surface area contributed by atoms with Crippen molar-refractivity contribution in [1.29, 1.82) is 0 Å². The van der Waals surface area contributed by atoms with Crippen LogP contribution in [0, 0.1) is 13.8 Å². The van der Waals surface area contributed by atoms with Crippen LogP contribution in [0.1, 0.15) is 29.9 Å². The summed E-state index contributed by atoms with van der Waals surface area (Å²) >= 11 is 0. The molecule has 3 rings (SSSR count). The van der Waals surface area contributed by atoms with E-state index < -0.39 is 0 Å². The number of nitrogens with zero attached hydrogens (tertiary/aromatic N) is 6. The summed E-state index contributed by atoms with van der Waals surface area (Å²) in [6, 6.07) is 4.72. The van der Waals surface area contributed by atoms with Crippen molar-refractivity contribution in [2.24, 2.45) is 7.05 Å². The van der Waals surface area contributed by atoms with Crippen LogP contribution >= 0.6 is 0 Å². The summed E-state index contributed by atoms with van der Waals surface area (Å²) in [5, 5.41) is 21.3. The molecule has 2 N–H and O–H groups in total. The van der Waals surface area contributed by atoms with E-state index in [0.29, 0.717) is 17.1 Å². The number of nitrogens with one attached hydrogen (secondary N) is 2. The van der Waals surface area contributed by atoms with Crippen molar-refractivity contribution in [3.8, 4) is 11.4 Å². The van der Waals surface area contributed by atoms with Crippen LogP contribution in [-0.4, -0.2) is 43.1 Å². The van der Waals surface area contributed by atoms with Crippen molar-refractivity contribution in [3.05, 3.63) is 41.5 Å². The molecule has 0 aliphatic heterocycles. The van der Waals surface area contributed by atoms with E-state index in [0.717, 1.165) is 17.0 Å². The third-order valence-electron chi connectivity index (χ3n) is 4.34. The van der Waals surface area contributed by atoms with Gasteiger partial charge in [0.25, 0.3) is 0 Å². The van der Waals surface area contributed by atoms with Crippen LogP contribution in [0.5, 0.6) is 5.75 Å². The second kappa shape index (κ2) is 7.44. The normalized spacial score (nSPS) is 11.9. The number of aryl methyl sites for hydroxylation is 2. The largest absolute Gasteiger partial charge is 0.497 e. The van der Waals surface area contributed by atoms with E-state index >= 15 is 0 Å².